The molecule has 1 saturated carbocycles. The van der Waals surface area contributed by atoms with Gasteiger partial charge in [0, 0.05) is 31.8 Å². The zero-order valence-electron chi connectivity index (χ0n) is 13.5. The van der Waals surface area contributed by atoms with E-state index < -0.39 is 4.92 Å². The Labute approximate surface area is 135 Å². The molecule has 0 heterocycles. The second-order valence-corrected chi connectivity index (χ2v) is 6.15. The van der Waals surface area contributed by atoms with Crippen LogP contribution in [0.5, 0.6) is 0 Å². The molecule has 0 saturated heterocycles. The number of hydrogen-bond acceptors (Lipinski definition) is 4. The molecule has 7 heteroatoms. The summed E-state index contributed by atoms with van der Waals surface area (Å²) in [5.74, 6) is 0.335. The number of anilines is 1. The maximum atomic E-state index is 12.4. The predicted octanol–water partition coefficient (Wildman–Crippen LogP) is 2.92. The van der Waals surface area contributed by atoms with E-state index in [0.29, 0.717) is 11.6 Å². The molecule has 2 N–H and O–H groups in total. The molecule has 2 rings (SSSR count). The Bertz CT molecular complexity index is 583. The Morgan fingerprint density at radius 2 is 2.04 bits per heavy atom. The minimum absolute atomic E-state index is 0.0444. The average Bonchev–Trinajstić information content (AvgIpc) is 2.56. The van der Waals surface area contributed by atoms with Gasteiger partial charge in [-0.25, -0.2) is 4.79 Å². The van der Waals surface area contributed by atoms with Gasteiger partial charge in [-0.1, -0.05) is 6.07 Å². The van der Waals surface area contributed by atoms with Gasteiger partial charge in [0.2, 0.25) is 0 Å². The zero-order chi connectivity index (χ0) is 17.0. The van der Waals surface area contributed by atoms with Gasteiger partial charge in [-0.2, -0.15) is 0 Å². The highest BCUT2D eigenvalue weighted by Gasteiger charge is 2.26. The molecule has 0 spiro atoms. The lowest BCUT2D eigenvalue weighted by molar-refractivity contribution is -0.384. The lowest BCUT2D eigenvalue weighted by Crippen LogP contribution is -2.42. The number of nitro groups is 1. The molecule has 1 aliphatic carbocycles. The number of amides is 2. The summed E-state index contributed by atoms with van der Waals surface area (Å²) in [5, 5.41) is 22.8. The number of aliphatic hydroxyl groups is 1. The number of carbonyl (C=O) groups is 1. The highest BCUT2D eigenvalue weighted by molar-refractivity contribution is 5.90. The van der Waals surface area contributed by atoms with E-state index in [1.165, 1.54) is 12.1 Å². The van der Waals surface area contributed by atoms with Crippen LogP contribution in [0.2, 0.25) is 0 Å². The second-order valence-electron chi connectivity index (χ2n) is 6.15. The second kappa shape index (κ2) is 7.41. The third-order valence-corrected chi connectivity index (χ3v) is 4.62. The Hall–Kier alpha value is -2.15. The standard InChI is InChI=1S/C16H23N3O4/c1-11-3-6-14(19(22)23)9-15(11)17-16(21)18(2)13-7-4-12(10-20)5-8-13/h3,6,9,12-13,20H,4-5,7-8,10H2,1-2H3,(H,17,21). The summed E-state index contributed by atoms with van der Waals surface area (Å²) in [7, 11) is 1.74. The number of nitrogens with zero attached hydrogens (tertiary/aromatic N) is 2. The fourth-order valence-electron chi connectivity index (χ4n) is 2.94. The van der Waals surface area contributed by atoms with E-state index in [9.17, 15) is 20.0 Å². The van der Waals surface area contributed by atoms with Crippen LogP contribution in [-0.2, 0) is 0 Å². The van der Waals surface area contributed by atoms with Crippen molar-refractivity contribution in [3.05, 3.63) is 33.9 Å². The average molecular weight is 321 g/mol. The monoisotopic (exact) mass is 321 g/mol. The van der Waals surface area contributed by atoms with Crippen molar-refractivity contribution in [2.45, 2.75) is 38.6 Å². The van der Waals surface area contributed by atoms with Crippen LogP contribution in [0.4, 0.5) is 16.2 Å². The Kier molecular flexibility index (Phi) is 5.54. The number of nitro benzene ring substituents is 1. The van der Waals surface area contributed by atoms with Gasteiger partial charge in [-0.05, 0) is 44.1 Å². The first-order chi connectivity index (χ1) is 10.9. The number of aryl methyl sites for hydroxylation is 1. The largest absolute Gasteiger partial charge is 0.396 e. The van der Waals surface area contributed by atoms with Gasteiger partial charge < -0.3 is 15.3 Å². The van der Waals surface area contributed by atoms with Crippen LogP contribution in [0.25, 0.3) is 0 Å². The SMILES string of the molecule is Cc1ccc([N+](=O)[O-])cc1NC(=O)N(C)C1CCC(CO)CC1. The molecule has 1 aliphatic rings. The van der Waals surface area contributed by atoms with E-state index in [-0.39, 0.29) is 24.4 Å². The number of urea groups is 1. The fraction of sp³-hybridized carbons (Fsp3) is 0.562. The number of hydrogen-bond donors (Lipinski definition) is 2. The van der Waals surface area contributed by atoms with Crippen LogP contribution >= 0.6 is 0 Å². The van der Waals surface area contributed by atoms with E-state index in [2.05, 4.69) is 5.32 Å². The van der Waals surface area contributed by atoms with Crippen molar-refractivity contribution < 1.29 is 14.8 Å². The molecule has 0 atom stereocenters. The summed E-state index contributed by atoms with van der Waals surface area (Å²) >= 11 is 0. The summed E-state index contributed by atoms with van der Waals surface area (Å²) in [6, 6.07) is 4.30. The Morgan fingerprint density at radius 3 is 2.61 bits per heavy atom. The molecule has 0 aliphatic heterocycles. The Balaban J connectivity index is 2.01. The summed E-state index contributed by atoms with van der Waals surface area (Å²) in [4.78, 5) is 24.4. The highest BCUT2D eigenvalue weighted by atomic mass is 16.6. The number of rotatable bonds is 4. The molecule has 0 aromatic heterocycles. The zero-order valence-corrected chi connectivity index (χ0v) is 13.5. The van der Waals surface area contributed by atoms with Gasteiger partial charge in [-0.3, -0.25) is 10.1 Å². The van der Waals surface area contributed by atoms with Crippen molar-refractivity contribution in [1.82, 2.24) is 4.90 Å². The molecule has 0 unspecified atom stereocenters. The lowest BCUT2D eigenvalue weighted by atomic mass is 9.86. The number of nitrogens with one attached hydrogen (secondary N) is 1. The van der Waals surface area contributed by atoms with Gasteiger partial charge in [0.1, 0.15) is 0 Å². The van der Waals surface area contributed by atoms with Crippen LogP contribution in [0.3, 0.4) is 0 Å². The molecule has 23 heavy (non-hydrogen) atoms. The first-order valence-corrected chi connectivity index (χ1v) is 7.82. The summed E-state index contributed by atoms with van der Waals surface area (Å²) < 4.78 is 0. The molecule has 7 nitrogen and oxygen atoms in total. The van der Waals surface area contributed by atoms with E-state index in [0.717, 1.165) is 31.2 Å². The van der Waals surface area contributed by atoms with Crippen molar-refractivity contribution in [2.24, 2.45) is 5.92 Å². The van der Waals surface area contributed by atoms with Gasteiger partial charge >= 0.3 is 6.03 Å². The smallest absolute Gasteiger partial charge is 0.321 e. The molecule has 0 bridgehead atoms. The van der Waals surface area contributed by atoms with Crippen LogP contribution in [0.1, 0.15) is 31.2 Å². The molecule has 1 aromatic rings. The minimum Gasteiger partial charge on any atom is -0.396 e. The van der Waals surface area contributed by atoms with Gasteiger partial charge in [0.25, 0.3) is 5.69 Å². The van der Waals surface area contributed by atoms with E-state index in [1.807, 2.05) is 0 Å². The lowest BCUT2D eigenvalue weighted by Gasteiger charge is -2.34. The molecular weight excluding hydrogens is 298 g/mol. The quantitative estimate of drug-likeness (QED) is 0.658. The Morgan fingerprint density at radius 1 is 1.39 bits per heavy atom. The van der Waals surface area contributed by atoms with Crippen molar-refractivity contribution in [2.75, 3.05) is 19.0 Å². The van der Waals surface area contributed by atoms with Crippen molar-refractivity contribution in [1.29, 1.82) is 0 Å². The maximum absolute atomic E-state index is 12.4. The van der Waals surface area contributed by atoms with Crippen LogP contribution < -0.4 is 5.32 Å². The molecule has 2 amide bonds. The van der Waals surface area contributed by atoms with E-state index in [4.69, 9.17) is 0 Å². The van der Waals surface area contributed by atoms with Crippen LogP contribution in [-0.4, -0.2) is 40.7 Å². The summed E-state index contributed by atoms with van der Waals surface area (Å²) in [5.41, 5.74) is 1.19. The fourth-order valence-corrected chi connectivity index (χ4v) is 2.94. The third-order valence-electron chi connectivity index (χ3n) is 4.62. The normalized spacial score (nSPS) is 20.8. The van der Waals surface area contributed by atoms with Gasteiger partial charge in [-0.15, -0.1) is 0 Å². The highest BCUT2D eigenvalue weighted by Crippen LogP contribution is 2.27. The number of non-ortho nitro benzene ring substituents is 1. The van der Waals surface area contributed by atoms with Gasteiger partial charge in [0.15, 0.2) is 0 Å². The van der Waals surface area contributed by atoms with Crippen molar-refractivity contribution in [3.63, 3.8) is 0 Å². The topological polar surface area (TPSA) is 95.7 Å². The van der Waals surface area contributed by atoms with Gasteiger partial charge in [0.05, 0.1) is 10.6 Å². The first-order valence-electron chi connectivity index (χ1n) is 7.82. The summed E-state index contributed by atoms with van der Waals surface area (Å²) in [6.07, 6.45) is 3.55. The minimum atomic E-state index is -0.477. The van der Waals surface area contributed by atoms with Crippen LogP contribution in [0.15, 0.2) is 18.2 Å². The molecule has 0 radical (unpaired) electrons. The number of benzene rings is 1. The molecule has 126 valence electrons. The van der Waals surface area contributed by atoms with E-state index in [1.54, 1.807) is 24.9 Å². The van der Waals surface area contributed by atoms with Crippen molar-refractivity contribution >= 4 is 17.4 Å². The van der Waals surface area contributed by atoms with E-state index >= 15 is 0 Å². The first kappa shape index (κ1) is 17.2. The molecule has 1 fully saturated rings. The maximum Gasteiger partial charge on any atom is 0.321 e. The van der Waals surface area contributed by atoms with Crippen LogP contribution in [0, 0.1) is 23.0 Å². The number of aliphatic hydroxyl groups excluding tert-OH is 1. The third kappa shape index (κ3) is 4.19. The van der Waals surface area contributed by atoms with Crippen molar-refractivity contribution in [3.8, 4) is 0 Å². The number of carbonyl (C=O) groups excluding carboxylic acids is 1. The molecular formula is C16H23N3O4. The summed E-state index contributed by atoms with van der Waals surface area (Å²) in [6.45, 7) is 2.00. The molecule has 1 aromatic carbocycles. The predicted molar refractivity (Wildman–Crippen MR) is 87.4 cm³/mol.